The monoisotopic (exact) mass is 237 g/mol. The summed E-state index contributed by atoms with van der Waals surface area (Å²) < 4.78 is 0.991. The van der Waals surface area contributed by atoms with Gasteiger partial charge in [-0.2, -0.15) is 0 Å². The molecule has 0 aliphatic heterocycles. The summed E-state index contributed by atoms with van der Waals surface area (Å²) >= 11 is 3.41. The fourth-order valence-corrected chi connectivity index (χ4v) is 1.56. The zero-order valence-corrected chi connectivity index (χ0v) is 8.67. The van der Waals surface area contributed by atoms with Gasteiger partial charge >= 0.3 is 0 Å². The lowest BCUT2D eigenvalue weighted by Gasteiger charge is -2.01. The molecule has 66 valence electrons. The van der Waals surface area contributed by atoms with Crippen molar-refractivity contribution in [1.82, 2.24) is 4.98 Å². The first kappa shape index (κ1) is 8.51. The van der Waals surface area contributed by atoms with Crippen molar-refractivity contribution in [2.75, 3.05) is 0 Å². The molecule has 0 amide bonds. The van der Waals surface area contributed by atoms with Crippen LogP contribution in [-0.4, -0.2) is 10.1 Å². The fourth-order valence-electron chi connectivity index (χ4n) is 1.23. The van der Waals surface area contributed by atoms with E-state index in [-0.39, 0.29) is 5.75 Å². The maximum Gasteiger partial charge on any atom is 0.117 e. The number of hydrogen-bond donors (Lipinski definition) is 1. The predicted octanol–water partition coefficient (Wildman–Crippen LogP) is 3.01. The highest BCUT2D eigenvalue weighted by molar-refractivity contribution is 9.10. The molecule has 0 radical (unpaired) electrons. The van der Waals surface area contributed by atoms with Crippen LogP contribution in [0.15, 0.2) is 28.7 Å². The Morgan fingerprint density at radius 1 is 1.31 bits per heavy atom. The number of hydrogen-bond acceptors (Lipinski definition) is 2. The maximum absolute atomic E-state index is 9.24. The van der Waals surface area contributed by atoms with Crippen molar-refractivity contribution >= 4 is 26.8 Å². The molecule has 0 saturated carbocycles. The molecule has 0 saturated heterocycles. The van der Waals surface area contributed by atoms with Gasteiger partial charge in [-0.05, 0) is 41.1 Å². The molecule has 2 aromatic rings. The minimum Gasteiger partial charge on any atom is -0.508 e. The van der Waals surface area contributed by atoms with Crippen LogP contribution in [0, 0.1) is 6.92 Å². The number of halogens is 1. The SMILES string of the molecule is Cc1nc2cc(O)ccc2cc1Br. The summed E-state index contributed by atoms with van der Waals surface area (Å²) in [5.74, 6) is 0.252. The van der Waals surface area contributed by atoms with Crippen LogP contribution >= 0.6 is 15.9 Å². The molecule has 0 spiro atoms. The molecule has 1 aromatic heterocycles. The lowest BCUT2D eigenvalue weighted by atomic mass is 10.2. The Morgan fingerprint density at radius 3 is 2.85 bits per heavy atom. The summed E-state index contributed by atoms with van der Waals surface area (Å²) in [5.41, 5.74) is 1.75. The summed E-state index contributed by atoms with van der Waals surface area (Å²) in [7, 11) is 0. The third kappa shape index (κ3) is 1.52. The molecule has 1 aromatic carbocycles. The highest BCUT2D eigenvalue weighted by Gasteiger charge is 2.00. The molecule has 0 fully saturated rings. The third-order valence-corrected chi connectivity index (χ3v) is 2.73. The van der Waals surface area contributed by atoms with Crippen LogP contribution in [0.25, 0.3) is 10.9 Å². The normalized spacial score (nSPS) is 10.6. The van der Waals surface area contributed by atoms with Crippen molar-refractivity contribution in [2.45, 2.75) is 6.92 Å². The summed E-state index contributed by atoms with van der Waals surface area (Å²) in [6, 6.07) is 7.17. The van der Waals surface area contributed by atoms with Gasteiger partial charge in [0.05, 0.1) is 11.2 Å². The number of aromatic hydroxyl groups is 1. The van der Waals surface area contributed by atoms with E-state index in [2.05, 4.69) is 20.9 Å². The quantitative estimate of drug-likeness (QED) is 0.765. The minimum atomic E-state index is 0.252. The van der Waals surface area contributed by atoms with Crippen molar-refractivity contribution in [1.29, 1.82) is 0 Å². The van der Waals surface area contributed by atoms with Gasteiger partial charge in [-0.3, -0.25) is 4.98 Å². The molecule has 0 bridgehead atoms. The second-order valence-electron chi connectivity index (χ2n) is 2.93. The van der Waals surface area contributed by atoms with Gasteiger partial charge in [-0.15, -0.1) is 0 Å². The van der Waals surface area contributed by atoms with Crippen molar-refractivity contribution in [3.05, 3.63) is 34.4 Å². The standard InChI is InChI=1S/C10H8BrNO/c1-6-9(11)4-7-2-3-8(13)5-10(7)12-6/h2-5,13H,1H3. The van der Waals surface area contributed by atoms with Gasteiger partial charge in [0.2, 0.25) is 0 Å². The predicted molar refractivity (Wildman–Crippen MR) is 55.8 cm³/mol. The Morgan fingerprint density at radius 2 is 2.08 bits per heavy atom. The summed E-state index contributed by atoms with van der Waals surface area (Å²) in [6.07, 6.45) is 0. The average Bonchev–Trinajstić information content (AvgIpc) is 2.08. The van der Waals surface area contributed by atoms with E-state index >= 15 is 0 Å². The number of benzene rings is 1. The van der Waals surface area contributed by atoms with Crippen LogP contribution in [0.3, 0.4) is 0 Å². The van der Waals surface area contributed by atoms with Crippen molar-refractivity contribution in [3.63, 3.8) is 0 Å². The van der Waals surface area contributed by atoms with Gasteiger partial charge in [0.25, 0.3) is 0 Å². The van der Waals surface area contributed by atoms with Gasteiger partial charge < -0.3 is 5.11 Å². The van der Waals surface area contributed by atoms with Crippen LogP contribution in [0.4, 0.5) is 0 Å². The number of aryl methyl sites for hydroxylation is 1. The van der Waals surface area contributed by atoms with Crippen molar-refractivity contribution in [3.8, 4) is 5.75 Å². The maximum atomic E-state index is 9.24. The van der Waals surface area contributed by atoms with Gasteiger partial charge in [-0.25, -0.2) is 0 Å². The van der Waals surface area contributed by atoms with Gasteiger partial charge in [0, 0.05) is 15.9 Å². The van der Waals surface area contributed by atoms with E-state index < -0.39 is 0 Å². The Balaban J connectivity index is 2.81. The van der Waals surface area contributed by atoms with Crippen LogP contribution in [0.2, 0.25) is 0 Å². The number of fused-ring (bicyclic) bond motifs is 1. The van der Waals surface area contributed by atoms with E-state index in [1.54, 1.807) is 12.1 Å². The zero-order valence-electron chi connectivity index (χ0n) is 7.08. The largest absolute Gasteiger partial charge is 0.508 e. The smallest absolute Gasteiger partial charge is 0.117 e. The number of aromatic nitrogens is 1. The number of rotatable bonds is 0. The Bertz CT molecular complexity index is 468. The van der Waals surface area contributed by atoms with Crippen LogP contribution < -0.4 is 0 Å². The second kappa shape index (κ2) is 3.00. The van der Waals surface area contributed by atoms with E-state index in [4.69, 9.17) is 0 Å². The fraction of sp³-hybridized carbons (Fsp3) is 0.100. The molecule has 2 nitrogen and oxygen atoms in total. The van der Waals surface area contributed by atoms with Crippen LogP contribution in [0.5, 0.6) is 5.75 Å². The lowest BCUT2D eigenvalue weighted by molar-refractivity contribution is 0.476. The first-order valence-corrected chi connectivity index (χ1v) is 4.72. The van der Waals surface area contributed by atoms with E-state index in [9.17, 15) is 5.11 Å². The van der Waals surface area contributed by atoms with Gasteiger partial charge in [-0.1, -0.05) is 0 Å². The molecular weight excluding hydrogens is 230 g/mol. The summed E-state index contributed by atoms with van der Waals surface area (Å²) in [5, 5.41) is 10.3. The van der Waals surface area contributed by atoms with E-state index in [0.29, 0.717) is 0 Å². The highest BCUT2D eigenvalue weighted by atomic mass is 79.9. The molecule has 3 heteroatoms. The molecular formula is C10H8BrNO. The molecule has 0 aliphatic carbocycles. The summed E-state index contributed by atoms with van der Waals surface area (Å²) in [6.45, 7) is 1.92. The number of phenolic OH excluding ortho intramolecular Hbond substituents is 1. The number of nitrogens with zero attached hydrogens (tertiary/aromatic N) is 1. The average molecular weight is 238 g/mol. The van der Waals surface area contributed by atoms with Gasteiger partial charge in [0.1, 0.15) is 5.75 Å². The molecule has 0 aliphatic rings. The molecule has 2 rings (SSSR count). The molecule has 0 unspecified atom stereocenters. The topological polar surface area (TPSA) is 33.1 Å². The van der Waals surface area contributed by atoms with Crippen LogP contribution in [0.1, 0.15) is 5.69 Å². The molecule has 1 heterocycles. The van der Waals surface area contributed by atoms with Crippen molar-refractivity contribution in [2.24, 2.45) is 0 Å². The van der Waals surface area contributed by atoms with Crippen molar-refractivity contribution < 1.29 is 5.11 Å². The van der Waals surface area contributed by atoms with Gasteiger partial charge in [0.15, 0.2) is 0 Å². The molecule has 1 N–H and O–H groups in total. The highest BCUT2D eigenvalue weighted by Crippen LogP contribution is 2.23. The van der Waals surface area contributed by atoms with E-state index in [1.807, 2.05) is 19.1 Å². The molecule has 0 atom stereocenters. The third-order valence-electron chi connectivity index (χ3n) is 1.93. The van der Waals surface area contributed by atoms with Crippen LogP contribution in [-0.2, 0) is 0 Å². The Hall–Kier alpha value is -1.09. The minimum absolute atomic E-state index is 0.252. The zero-order chi connectivity index (χ0) is 9.42. The second-order valence-corrected chi connectivity index (χ2v) is 3.79. The lowest BCUT2D eigenvalue weighted by Crippen LogP contribution is -1.84. The Kier molecular flexibility index (Phi) is 1.96. The van der Waals surface area contributed by atoms with E-state index in [0.717, 1.165) is 21.1 Å². The first-order valence-electron chi connectivity index (χ1n) is 3.93. The number of pyridine rings is 1. The summed E-state index contributed by atoms with van der Waals surface area (Å²) in [4.78, 5) is 4.33. The van der Waals surface area contributed by atoms with E-state index in [1.165, 1.54) is 0 Å². The first-order chi connectivity index (χ1) is 6.16. The Labute approximate surface area is 84.4 Å². The molecule has 13 heavy (non-hydrogen) atoms. The number of phenols is 1.